The maximum atomic E-state index is 12.3. The molecule has 9 nitrogen and oxygen atoms in total. The summed E-state index contributed by atoms with van der Waals surface area (Å²) in [6.07, 6.45) is 1.86. The fourth-order valence-corrected chi connectivity index (χ4v) is 3.51. The van der Waals surface area contributed by atoms with E-state index in [1.54, 1.807) is 6.92 Å². The Bertz CT molecular complexity index is 610. The molecule has 1 aliphatic heterocycles. The molecule has 0 unspecified atom stereocenters. The topological polar surface area (TPSA) is 116 Å². The van der Waals surface area contributed by atoms with E-state index in [0.29, 0.717) is 13.0 Å². The summed E-state index contributed by atoms with van der Waals surface area (Å²) < 4.78 is 31.8. The quantitative estimate of drug-likeness (QED) is 0.415. The molecule has 0 aliphatic carbocycles. The van der Waals surface area contributed by atoms with E-state index in [9.17, 15) is 13.2 Å². The summed E-state index contributed by atoms with van der Waals surface area (Å²) in [5.74, 6) is -0.706. The van der Waals surface area contributed by atoms with Crippen molar-refractivity contribution in [3.05, 3.63) is 11.8 Å². The summed E-state index contributed by atoms with van der Waals surface area (Å²) >= 11 is 0. The number of aromatic amines is 1. The second kappa shape index (κ2) is 8.39. The summed E-state index contributed by atoms with van der Waals surface area (Å²) in [6.45, 7) is 6.82. The Hall–Kier alpha value is -1.49. The maximum Gasteiger partial charge on any atom is 0.342 e. The highest BCUT2D eigenvalue weighted by Crippen LogP contribution is 2.13. The van der Waals surface area contributed by atoms with Gasteiger partial charge in [0.15, 0.2) is 5.03 Å². The number of esters is 1. The van der Waals surface area contributed by atoms with Crippen LogP contribution in [0.4, 0.5) is 0 Å². The van der Waals surface area contributed by atoms with Crippen LogP contribution in [0.25, 0.3) is 0 Å². The van der Waals surface area contributed by atoms with Crippen molar-refractivity contribution in [1.29, 1.82) is 0 Å². The summed E-state index contributed by atoms with van der Waals surface area (Å²) in [5.41, 5.74) is -0.0820. The van der Waals surface area contributed by atoms with Gasteiger partial charge in [0.2, 0.25) is 0 Å². The molecule has 1 aromatic heterocycles. The Morgan fingerprint density at radius 2 is 2.17 bits per heavy atom. The minimum absolute atomic E-state index is 0.0820. The molecular formula is C13H23N5O4S. The zero-order valence-electron chi connectivity index (χ0n) is 13.2. The molecule has 0 spiro atoms. The lowest BCUT2D eigenvalue weighted by atomic mass is 10.3. The number of ether oxygens (including phenoxy) is 1. The molecule has 0 saturated carbocycles. The highest BCUT2D eigenvalue weighted by atomic mass is 32.2. The van der Waals surface area contributed by atoms with Crippen LogP contribution in [0.1, 0.15) is 23.7 Å². The second-order valence-corrected chi connectivity index (χ2v) is 6.88. The lowest BCUT2D eigenvalue weighted by Crippen LogP contribution is -2.44. The molecule has 1 aromatic rings. The Balaban J connectivity index is 1.86. The number of aromatic nitrogens is 2. The van der Waals surface area contributed by atoms with E-state index < -0.39 is 16.0 Å². The fraction of sp³-hybridized carbons (Fsp3) is 0.692. The molecule has 1 aliphatic rings. The minimum Gasteiger partial charge on any atom is -0.462 e. The van der Waals surface area contributed by atoms with Crippen molar-refractivity contribution in [2.75, 3.05) is 45.9 Å². The number of hydrogen-bond acceptors (Lipinski definition) is 7. The second-order valence-electron chi connectivity index (χ2n) is 5.18. The van der Waals surface area contributed by atoms with Crippen LogP contribution in [-0.4, -0.2) is 75.4 Å². The molecule has 130 valence electrons. The van der Waals surface area contributed by atoms with Gasteiger partial charge in [-0.25, -0.2) is 17.9 Å². The van der Waals surface area contributed by atoms with Crippen LogP contribution in [0.15, 0.2) is 11.2 Å². The number of piperazine rings is 1. The number of carbonyl (C=O) groups is 1. The third-order valence-electron chi connectivity index (χ3n) is 3.52. The van der Waals surface area contributed by atoms with Crippen LogP contribution < -0.4 is 10.0 Å². The third-order valence-corrected chi connectivity index (χ3v) is 4.95. The molecule has 3 N–H and O–H groups in total. The van der Waals surface area contributed by atoms with Crippen LogP contribution >= 0.6 is 0 Å². The highest BCUT2D eigenvalue weighted by Gasteiger charge is 2.25. The predicted octanol–water partition coefficient (Wildman–Crippen LogP) is -0.840. The first-order valence-electron chi connectivity index (χ1n) is 7.68. The van der Waals surface area contributed by atoms with E-state index in [0.717, 1.165) is 38.9 Å². The first-order chi connectivity index (χ1) is 11.0. The molecule has 0 bridgehead atoms. The van der Waals surface area contributed by atoms with Gasteiger partial charge in [0.25, 0.3) is 10.0 Å². The van der Waals surface area contributed by atoms with Gasteiger partial charge in [0.05, 0.1) is 12.8 Å². The number of hydrogen-bond donors (Lipinski definition) is 3. The Kier molecular flexibility index (Phi) is 6.51. The molecule has 10 heteroatoms. The van der Waals surface area contributed by atoms with Crippen LogP contribution in [0.2, 0.25) is 0 Å². The number of rotatable bonds is 8. The van der Waals surface area contributed by atoms with Gasteiger partial charge in [-0.15, -0.1) is 0 Å². The van der Waals surface area contributed by atoms with E-state index in [1.807, 2.05) is 0 Å². The van der Waals surface area contributed by atoms with Gasteiger partial charge in [0, 0.05) is 32.7 Å². The van der Waals surface area contributed by atoms with Crippen molar-refractivity contribution in [1.82, 2.24) is 25.1 Å². The molecule has 2 heterocycles. The van der Waals surface area contributed by atoms with Crippen molar-refractivity contribution >= 4 is 16.0 Å². The van der Waals surface area contributed by atoms with E-state index in [2.05, 4.69) is 25.1 Å². The van der Waals surface area contributed by atoms with Gasteiger partial charge in [-0.05, 0) is 19.9 Å². The van der Waals surface area contributed by atoms with Crippen molar-refractivity contribution in [2.24, 2.45) is 0 Å². The van der Waals surface area contributed by atoms with Crippen molar-refractivity contribution in [3.8, 4) is 0 Å². The van der Waals surface area contributed by atoms with E-state index in [-0.39, 0.29) is 17.2 Å². The number of H-pyrrole nitrogens is 1. The van der Waals surface area contributed by atoms with E-state index >= 15 is 0 Å². The predicted molar refractivity (Wildman–Crippen MR) is 83.7 cm³/mol. The first kappa shape index (κ1) is 17.9. The monoisotopic (exact) mass is 345 g/mol. The number of carbonyl (C=O) groups excluding carboxylic acids is 1. The lowest BCUT2D eigenvalue weighted by Gasteiger charge is -2.26. The highest BCUT2D eigenvalue weighted by molar-refractivity contribution is 7.89. The SMILES string of the molecule is CCOC(=O)c1cn[nH]c1S(=O)(=O)NCCCN1CCNCC1. The van der Waals surface area contributed by atoms with Gasteiger partial charge < -0.3 is 15.0 Å². The first-order valence-corrected chi connectivity index (χ1v) is 9.16. The molecular weight excluding hydrogens is 322 g/mol. The number of nitrogens with one attached hydrogen (secondary N) is 3. The Morgan fingerprint density at radius 3 is 2.87 bits per heavy atom. The molecule has 2 rings (SSSR count). The van der Waals surface area contributed by atoms with E-state index in [1.165, 1.54) is 0 Å². The van der Waals surface area contributed by atoms with Gasteiger partial charge in [0.1, 0.15) is 5.56 Å². The molecule has 1 saturated heterocycles. The summed E-state index contributed by atoms with van der Waals surface area (Å²) in [4.78, 5) is 14.0. The maximum absolute atomic E-state index is 12.3. The Labute approximate surface area is 135 Å². The average Bonchev–Trinajstić information content (AvgIpc) is 3.03. The number of sulfonamides is 1. The fourth-order valence-electron chi connectivity index (χ4n) is 2.35. The normalized spacial score (nSPS) is 16.4. The largest absolute Gasteiger partial charge is 0.462 e. The molecule has 0 atom stereocenters. The summed E-state index contributed by atoms with van der Waals surface area (Å²) in [5, 5.41) is 9.00. The van der Waals surface area contributed by atoms with Crippen LogP contribution in [-0.2, 0) is 14.8 Å². The summed E-state index contributed by atoms with van der Waals surface area (Å²) in [7, 11) is -3.81. The van der Waals surface area contributed by atoms with E-state index in [4.69, 9.17) is 4.74 Å². The molecule has 1 fully saturated rings. The van der Waals surface area contributed by atoms with Gasteiger partial charge >= 0.3 is 5.97 Å². The molecule has 0 aromatic carbocycles. The molecule has 23 heavy (non-hydrogen) atoms. The van der Waals surface area contributed by atoms with Crippen molar-refractivity contribution < 1.29 is 17.9 Å². The third kappa shape index (κ3) is 4.99. The standard InChI is InChI=1S/C13H23N5O4S/c1-2-22-13(19)11-10-15-17-12(11)23(20,21)16-4-3-7-18-8-5-14-6-9-18/h10,14,16H,2-9H2,1H3,(H,15,17). The zero-order chi connectivity index (χ0) is 16.7. The van der Waals surface area contributed by atoms with Crippen LogP contribution in [0.3, 0.4) is 0 Å². The average molecular weight is 345 g/mol. The van der Waals surface area contributed by atoms with Crippen LogP contribution in [0, 0.1) is 0 Å². The van der Waals surface area contributed by atoms with Gasteiger partial charge in [-0.2, -0.15) is 5.10 Å². The minimum atomic E-state index is -3.81. The molecule has 0 radical (unpaired) electrons. The van der Waals surface area contributed by atoms with Gasteiger partial charge in [-0.1, -0.05) is 0 Å². The number of nitrogens with zero attached hydrogens (tertiary/aromatic N) is 2. The van der Waals surface area contributed by atoms with Gasteiger partial charge in [-0.3, -0.25) is 5.10 Å². The Morgan fingerprint density at radius 1 is 1.43 bits per heavy atom. The lowest BCUT2D eigenvalue weighted by molar-refractivity contribution is 0.0522. The smallest absolute Gasteiger partial charge is 0.342 e. The molecule has 0 amide bonds. The summed E-state index contributed by atoms with van der Waals surface area (Å²) in [6, 6.07) is 0. The van der Waals surface area contributed by atoms with Crippen LogP contribution in [0.5, 0.6) is 0 Å². The zero-order valence-corrected chi connectivity index (χ0v) is 14.0. The van der Waals surface area contributed by atoms with Crippen molar-refractivity contribution in [2.45, 2.75) is 18.4 Å². The van der Waals surface area contributed by atoms with Crippen molar-refractivity contribution in [3.63, 3.8) is 0 Å².